The lowest BCUT2D eigenvalue weighted by Crippen LogP contribution is -2.34. The summed E-state index contributed by atoms with van der Waals surface area (Å²) in [6, 6.07) is 0.851. The summed E-state index contributed by atoms with van der Waals surface area (Å²) in [5, 5.41) is -0.0904. The molecule has 144 valence electrons. The molecule has 0 bridgehead atoms. The van der Waals surface area contributed by atoms with Crippen molar-refractivity contribution in [3.8, 4) is 0 Å². The summed E-state index contributed by atoms with van der Waals surface area (Å²) < 4.78 is 39.9. The maximum atomic E-state index is 12.9. The molecule has 0 aliphatic rings. The van der Waals surface area contributed by atoms with Gasteiger partial charge in [0.1, 0.15) is 0 Å². The van der Waals surface area contributed by atoms with Gasteiger partial charge in [-0.05, 0) is 18.9 Å². The molecule has 0 saturated heterocycles. The number of pyridine rings is 1. The smallest absolute Gasteiger partial charge is 0.342 e. The highest BCUT2D eigenvalue weighted by Crippen LogP contribution is 2.32. The normalized spacial score (nSPS) is 11.9. The summed E-state index contributed by atoms with van der Waals surface area (Å²) >= 11 is 5.94. The highest BCUT2D eigenvalue weighted by molar-refractivity contribution is 6.33. The number of hydrogen-bond acceptors (Lipinski definition) is 2. The van der Waals surface area contributed by atoms with Crippen LogP contribution in [0, 0.1) is 0 Å². The number of aromatic nitrogens is 2. The zero-order valence-corrected chi connectivity index (χ0v) is 15.7. The minimum absolute atomic E-state index is 0.0484. The predicted molar refractivity (Wildman–Crippen MR) is 95.3 cm³/mol. The molecule has 0 atom stereocenters. The largest absolute Gasteiger partial charge is 0.417 e. The first-order valence-electron chi connectivity index (χ1n) is 8.78. The molecule has 0 aromatic carbocycles. The highest BCUT2D eigenvalue weighted by Gasteiger charge is 2.32. The standard InChI is InChI=1S/C18H23ClF3N3O/c1-3-5-7-24(8-6-4-2)16(26)10-14-12-25-11-13(18(20,21)22)9-15(19)17(25)23-14/h9,11-12H,3-8,10H2,1-2H3. The third-order valence-electron chi connectivity index (χ3n) is 4.13. The maximum absolute atomic E-state index is 12.9. The Morgan fingerprint density at radius 1 is 1.19 bits per heavy atom. The number of imidazole rings is 1. The molecule has 0 saturated carbocycles. The number of alkyl halides is 3. The van der Waals surface area contributed by atoms with E-state index in [0.717, 1.165) is 37.9 Å². The molecule has 26 heavy (non-hydrogen) atoms. The first-order valence-corrected chi connectivity index (χ1v) is 9.16. The van der Waals surface area contributed by atoms with E-state index in [9.17, 15) is 18.0 Å². The number of fused-ring (bicyclic) bond motifs is 1. The van der Waals surface area contributed by atoms with E-state index >= 15 is 0 Å². The van der Waals surface area contributed by atoms with E-state index in [1.54, 1.807) is 4.90 Å². The van der Waals surface area contributed by atoms with Crippen LogP contribution in [0.25, 0.3) is 5.65 Å². The third kappa shape index (κ3) is 5.13. The first-order chi connectivity index (χ1) is 12.3. The number of halogens is 4. The van der Waals surface area contributed by atoms with Crippen LogP contribution < -0.4 is 0 Å². The Hall–Kier alpha value is -1.76. The van der Waals surface area contributed by atoms with Crippen LogP contribution in [-0.2, 0) is 17.4 Å². The molecule has 0 spiro atoms. The van der Waals surface area contributed by atoms with Crippen LogP contribution in [0.2, 0.25) is 5.02 Å². The average molecular weight is 390 g/mol. The van der Waals surface area contributed by atoms with E-state index in [2.05, 4.69) is 18.8 Å². The van der Waals surface area contributed by atoms with Gasteiger partial charge in [0.15, 0.2) is 5.65 Å². The second-order valence-electron chi connectivity index (χ2n) is 6.30. The molecular weight excluding hydrogens is 367 g/mol. The number of carbonyl (C=O) groups excluding carboxylic acids is 1. The number of hydrogen-bond donors (Lipinski definition) is 0. The number of carbonyl (C=O) groups is 1. The molecule has 2 heterocycles. The molecule has 0 unspecified atom stereocenters. The van der Waals surface area contributed by atoms with Crippen LogP contribution in [0.15, 0.2) is 18.5 Å². The molecular formula is C18H23ClF3N3O. The predicted octanol–water partition coefficient (Wildman–Crippen LogP) is 4.98. The van der Waals surface area contributed by atoms with Gasteiger partial charge in [0.2, 0.25) is 5.91 Å². The zero-order chi connectivity index (χ0) is 19.3. The van der Waals surface area contributed by atoms with Gasteiger partial charge in [0.05, 0.1) is 22.7 Å². The maximum Gasteiger partial charge on any atom is 0.417 e. The van der Waals surface area contributed by atoms with E-state index in [0.29, 0.717) is 18.8 Å². The summed E-state index contributed by atoms with van der Waals surface area (Å²) in [5.74, 6) is -0.0672. The fourth-order valence-corrected chi connectivity index (χ4v) is 2.93. The lowest BCUT2D eigenvalue weighted by molar-refractivity contribution is -0.138. The van der Waals surface area contributed by atoms with Gasteiger partial charge < -0.3 is 9.30 Å². The van der Waals surface area contributed by atoms with E-state index < -0.39 is 11.7 Å². The summed E-state index contributed by atoms with van der Waals surface area (Å²) in [4.78, 5) is 18.6. The van der Waals surface area contributed by atoms with Gasteiger partial charge in [-0.3, -0.25) is 4.79 Å². The number of unbranched alkanes of at least 4 members (excludes halogenated alkanes) is 2. The molecule has 0 aliphatic heterocycles. The topological polar surface area (TPSA) is 37.6 Å². The Morgan fingerprint density at radius 2 is 1.81 bits per heavy atom. The van der Waals surface area contributed by atoms with Crippen molar-refractivity contribution in [2.24, 2.45) is 0 Å². The highest BCUT2D eigenvalue weighted by atomic mass is 35.5. The van der Waals surface area contributed by atoms with Crippen molar-refractivity contribution in [3.05, 3.63) is 34.7 Å². The van der Waals surface area contributed by atoms with Crippen molar-refractivity contribution >= 4 is 23.2 Å². The van der Waals surface area contributed by atoms with Crippen molar-refractivity contribution in [2.75, 3.05) is 13.1 Å². The average Bonchev–Trinajstić information content (AvgIpc) is 2.97. The molecule has 4 nitrogen and oxygen atoms in total. The SMILES string of the molecule is CCCCN(CCCC)C(=O)Cc1cn2cc(C(F)(F)F)cc(Cl)c2n1. The molecule has 0 N–H and O–H groups in total. The summed E-state index contributed by atoms with van der Waals surface area (Å²) in [6.07, 6.45) is 1.74. The van der Waals surface area contributed by atoms with Gasteiger partial charge in [-0.2, -0.15) is 13.2 Å². The fourth-order valence-electron chi connectivity index (χ4n) is 2.67. The van der Waals surface area contributed by atoms with Crippen molar-refractivity contribution in [1.82, 2.24) is 14.3 Å². The molecule has 2 rings (SSSR count). The summed E-state index contributed by atoms with van der Waals surface area (Å²) in [5.41, 5.74) is -0.219. The Labute approximate surface area is 156 Å². The molecule has 2 aromatic rings. The lowest BCUT2D eigenvalue weighted by atomic mass is 10.2. The molecule has 8 heteroatoms. The van der Waals surface area contributed by atoms with Crippen molar-refractivity contribution in [2.45, 2.75) is 52.1 Å². The molecule has 0 fully saturated rings. The Morgan fingerprint density at radius 3 is 2.35 bits per heavy atom. The van der Waals surface area contributed by atoms with E-state index in [1.165, 1.54) is 10.6 Å². The molecule has 1 amide bonds. The van der Waals surface area contributed by atoms with Gasteiger partial charge in [-0.1, -0.05) is 38.3 Å². The third-order valence-corrected chi connectivity index (χ3v) is 4.41. The van der Waals surface area contributed by atoms with Crippen LogP contribution in [0.3, 0.4) is 0 Å². The number of nitrogens with zero attached hydrogens (tertiary/aromatic N) is 3. The minimum Gasteiger partial charge on any atom is -0.342 e. The molecule has 2 aromatic heterocycles. The quantitative estimate of drug-likeness (QED) is 0.638. The minimum atomic E-state index is -4.49. The Bertz CT molecular complexity index is 750. The van der Waals surface area contributed by atoms with Crippen molar-refractivity contribution < 1.29 is 18.0 Å². The van der Waals surface area contributed by atoms with Crippen LogP contribution in [-0.4, -0.2) is 33.3 Å². The van der Waals surface area contributed by atoms with E-state index in [4.69, 9.17) is 11.6 Å². The Kier molecular flexibility index (Phi) is 6.92. The van der Waals surface area contributed by atoms with Gasteiger partial charge in [0, 0.05) is 25.5 Å². The van der Waals surface area contributed by atoms with Gasteiger partial charge in [-0.15, -0.1) is 0 Å². The summed E-state index contributed by atoms with van der Waals surface area (Å²) in [7, 11) is 0. The monoisotopic (exact) mass is 389 g/mol. The zero-order valence-electron chi connectivity index (χ0n) is 14.9. The van der Waals surface area contributed by atoms with Crippen LogP contribution in [0.5, 0.6) is 0 Å². The second kappa shape index (κ2) is 8.75. The van der Waals surface area contributed by atoms with Crippen LogP contribution in [0.1, 0.15) is 50.8 Å². The van der Waals surface area contributed by atoms with Crippen molar-refractivity contribution in [1.29, 1.82) is 0 Å². The van der Waals surface area contributed by atoms with Gasteiger partial charge in [0.25, 0.3) is 0 Å². The molecule has 0 aliphatic carbocycles. The molecule has 0 radical (unpaired) electrons. The van der Waals surface area contributed by atoms with E-state index in [1.807, 2.05) is 0 Å². The van der Waals surface area contributed by atoms with Gasteiger partial charge in [-0.25, -0.2) is 4.98 Å². The number of amides is 1. The fraction of sp³-hybridized carbons (Fsp3) is 0.556. The van der Waals surface area contributed by atoms with Crippen LogP contribution in [0.4, 0.5) is 13.2 Å². The van der Waals surface area contributed by atoms with Gasteiger partial charge >= 0.3 is 6.18 Å². The number of rotatable bonds is 8. The lowest BCUT2D eigenvalue weighted by Gasteiger charge is -2.22. The first kappa shape index (κ1) is 20.6. The Balaban J connectivity index is 2.21. The second-order valence-corrected chi connectivity index (χ2v) is 6.71. The van der Waals surface area contributed by atoms with E-state index in [-0.39, 0.29) is 23.0 Å². The van der Waals surface area contributed by atoms with Crippen molar-refractivity contribution in [3.63, 3.8) is 0 Å². The van der Waals surface area contributed by atoms with Crippen LogP contribution >= 0.6 is 11.6 Å². The summed E-state index contributed by atoms with van der Waals surface area (Å²) in [6.45, 7) is 5.49.